The molecule has 1 aliphatic rings. The van der Waals surface area contributed by atoms with E-state index in [1.54, 1.807) is 24.0 Å². The van der Waals surface area contributed by atoms with Gasteiger partial charge in [-0.15, -0.1) is 10.2 Å². The summed E-state index contributed by atoms with van der Waals surface area (Å²) in [6, 6.07) is 3.38. The van der Waals surface area contributed by atoms with Crippen molar-refractivity contribution in [1.82, 2.24) is 20.3 Å². The molecule has 0 aliphatic carbocycles. The second kappa shape index (κ2) is 6.00. The zero-order chi connectivity index (χ0) is 15.5. The number of methoxy groups -OCH3 is 1. The third-order valence-electron chi connectivity index (χ3n) is 3.53. The third kappa shape index (κ3) is 2.85. The van der Waals surface area contributed by atoms with E-state index in [1.807, 2.05) is 0 Å². The fourth-order valence-electron chi connectivity index (χ4n) is 2.33. The van der Waals surface area contributed by atoms with E-state index >= 15 is 0 Å². The van der Waals surface area contributed by atoms with Crippen LogP contribution in [-0.2, 0) is 0 Å². The van der Waals surface area contributed by atoms with Crippen LogP contribution in [0.3, 0.4) is 0 Å². The van der Waals surface area contributed by atoms with Gasteiger partial charge >= 0.3 is 0 Å². The summed E-state index contributed by atoms with van der Waals surface area (Å²) in [6.45, 7) is 2.84. The first-order valence-corrected chi connectivity index (χ1v) is 6.92. The zero-order valence-electron chi connectivity index (χ0n) is 12.4. The van der Waals surface area contributed by atoms with Crippen molar-refractivity contribution in [1.29, 1.82) is 0 Å². The van der Waals surface area contributed by atoms with E-state index in [0.717, 1.165) is 6.42 Å². The minimum Gasteiger partial charge on any atom is -0.480 e. The highest BCUT2D eigenvalue weighted by Gasteiger charge is 2.30. The van der Waals surface area contributed by atoms with Crippen LogP contribution in [0, 0.1) is 6.92 Å². The first kappa shape index (κ1) is 14.3. The number of rotatable bonds is 4. The van der Waals surface area contributed by atoms with E-state index in [1.165, 1.54) is 13.3 Å². The van der Waals surface area contributed by atoms with Gasteiger partial charge in [0.2, 0.25) is 11.8 Å². The third-order valence-corrected chi connectivity index (χ3v) is 3.53. The van der Waals surface area contributed by atoms with Gasteiger partial charge in [-0.2, -0.15) is 0 Å². The highest BCUT2D eigenvalue weighted by atomic mass is 16.5. The Hall–Kier alpha value is -2.64. The molecular weight excluding hydrogens is 288 g/mol. The molecule has 2 aromatic heterocycles. The Morgan fingerprint density at radius 3 is 2.77 bits per heavy atom. The summed E-state index contributed by atoms with van der Waals surface area (Å²) >= 11 is 0. The van der Waals surface area contributed by atoms with Crippen molar-refractivity contribution in [3.63, 3.8) is 0 Å². The fraction of sp³-hybridized carbons (Fsp3) is 0.429. The molecule has 0 radical (unpaired) electrons. The van der Waals surface area contributed by atoms with E-state index in [0.29, 0.717) is 36.2 Å². The first-order chi connectivity index (χ1) is 10.7. The van der Waals surface area contributed by atoms with Gasteiger partial charge in [-0.25, -0.2) is 0 Å². The molecule has 8 heteroatoms. The fourth-order valence-corrected chi connectivity index (χ4v) is 2.33. The maximum Gasteiger partial charge on any atom is 0.259 e. The molecule has 3 heterocycles. The highest BCUT2D eigenvalue weighted by Crippen LogP contribution is 2.20. The molecule has 1 amide bonds. The minimum atomic E-state index is -0.105. The Kier molecular flexibility index (Phi) is 3.90. The lowest BCUT2D eigenvalue weighted by atomic mass is 10.2. The Morgan fingerprint density at radius 2 is 2.14 bits per heavy atom. The highest BCUT2D eigenvalue weighted by molar-refractivity contribution is 5.94. The predicted octanol–water partition coefficient (Wildman–Crippen LogP) is 1.08. The number of nitrogens with zero attached hydrogens (tertiary/aromatic N) is 4. The number of ether oxygens (including phenoxy) is 2. The Morgan fingerprint density at radius 1 is 1.36 bits per heavy atom. The average Bonchev–Trinajstić information content (AvgIpc) is 3.16. The molecule has 1 saturated heterocycles. The van der Waals surface area contributed by atoms with Crippen LogP contribution in [0.25, 0.3) is 0 Å². The van der Waals surface area contributed by atoms with Crippen molar-refractivity contribution in [2.45, 2.75) is 19.4 Å². The van der Waals surface area contributed by atoms with Crippen molar-refractivity contribution in [2.24, 2.45) is 0 Å². The molecule has 1 atom stereocenters. The Labute approximate surface area is 127 Å². The van der Waals surface area contributed by atoms with Crippen LogP contribution >= 0.6 is 0 Å². The smallest absolute Gasteiger partial charge is 0.259 e. The number of carbonyl (C=O) groups is 1. The van der Waals surface area contributed by atoms with Gasteiger partial charge in [0, 0.05) is 25.1 Å². The summed E-state index contributed by atoms with van der Waals surface area (Å²) < 4.78 is 15.6. The van der Waals surface area contributed by atoms with Crippen LogP contribution < -0.4 is 9.47 Å². The van der Waals surface area contributed by atoms with Crippen molar-refractivity contribution in [3.8, 4) is 11.8 Å². The second-order valence-corrected chi connectivity index (χ2v) is 4.99. The van der Waals surface area contributed by atoms with E-state index in [2.05, 4.69) is 15.4 Å². The monoisotopic (exact) mass is 304 g/mol. The van der Waals surface area contributed by atoms with Crippen molar-refractivity contribution >= 4 is 5.91 Å². The SMILES string of the molecule is COc1ccc(OC2CCN(C(=O)c3cnoc3C)C2)nn1. The van der Waals surface area contributed by atoms with Gasteiger partial charge in [-0.3, -0.25) is 4.79 Å². The molecular formula is C14H16N4O4. The van der Waals surface area contributed by atoms with Crippen molar-refractivity contribution in [2.75, 3.05) is 20.2 Å². The van der Waals surface area contributed by atoms with Crippen LogP contribution in [0.4, 0.5) is 0 Å². The summed E-state index contributed by atoms with van der Waals surface area (Å²) in [5, 5.41) is 11.4. The van der Waals surface area contributed by atoms with Crippen molar-refractivity contribution < 1.29 is 18.8 Å². The van der Waals surface area contributed by atoms with Gasteiger partial charge in [0.05, 0.1) is 19.9 Å². The van der Waals surface area contributed by atoms with E-state index in [4.69, 9.17) is 14.0 Å². The molecule has 1 fully saturated rings. The van der Waals surface area contributed by atoms with Crippen LogP contribution in [0.2, 0.25) is 0 Å². The predicted molar refractivity (Wildman–Crippen MR) is 74.8 cm³/mol. The van der Waals surface area contributed by atoms with E-state index in [-0.39, 0.29) is 12.0 Å². The summed E-state index contributed by atoms with van der Waals surface area (Å²) in [5.74, 6) is 1.28. The molecule has 8 nitrogen and oxygen atoms in total. The van der Waals surface area contributed by atoms with Crippen LogP contribution in [0.1, 0.15) is 22.5 Å². The number of carbonyl (C=O) groups excluding carboxylic acids is 1. The van der Waals surface area contributed by atoms with Gasteiger partial charge in [-0.1, -0.05) is 5.16 Å². The molecule has 22 heavy (non-hydrogen) atoms. The summed E-state index contributed by atoms with van der Waals surface area (Å²) in [7, 11) is 1.53. The molecule has 0 spiro atoms. The van der Waals surface area contributed by atoms with Gasteiger partial charge in [0.25, 0.3) is 5.91 Å². The molecule has 0 aromatic carbocycles. The molecule has 1 aliphatic heterocycles. The van der Waals surface area contributed by atoms with Gasteiger partial charge in [0.1, 0.15) is 17.4 Å². The average molecular weight is 304 g/mol. The molecule has 3 rings (SSSR count). The number of amides is 1. The Bertz CT molecular complexity index is 655. The zero-order valence-corrected chi connectivity index (χ0v) is 12.4. The van der Waals surface area contributed by atoms with E-state index < -0.39 is 0 Å². The molecule has 0 N–H and O–H groups in total. The van der Waals surface area contributed by atoms with Crippen LogP contribution in [0.5, 0.6) is 11.8 Å². The van der Waals surface area contributed by atoms with Crippen LogP contribution in [0.15, 0.2) is 22.9 Å². The summed E-state index contributed by atoms with van der Waals surface area (Å²) in [4.78, 5) is 14.1. The molecule has 2 aromatic rings. The first-order valence-electron chi connectivity index (χ1n) is 6.92. The maximum absolute atomic E-state index is 12.3. The second-order valence-electron chi connectivity index (χ2n) is 4.99. The summed E-state index contributed by atoms with van der Waals surface area (Å²) in [5.41, 5.74) is 0.491. The number of hydrogen-bond donors (Lipinski definition) is 0. The normalized spacial score (nSPS) is 17.5. The number of aryl methyl sites for hydroxylation is 1. The van der Waals surface area contributed by atoms with Gasteiger partial charge in [-0.05, 0) is 6.92 Å². The van der Waals surface area contributed by atoms with E-state index in [9.17, 15) is 4.79 Å². The molecule has 0 saturated carbocycles. The number of likely N-dealkylation sites (tertiary alicyclic amines) is 1. The van der Waals surface area contributed by atoms with Gasteiger partial charge in [0.15, 0.2) is 0 Å². The maximum atomic E-state index is 12.3. The van der Waals surface area contributed by atoms with Crippen molar-refractivity contribution in [3.05, 3.63) is 29.7 Å². The quantitative estimate of drug-likeness (QED) is 0.834. The topological polar surface area (TPSA) is 90.6 Å². The van der Waals surface area contributed by atoms with Gasteiger partial charge < -0.3 is 18.9 Å². The molecule has 1 unspecified atom stereocenters. The number of hydrogen-bond acceptors (Lipinski definition) is 7. The lowest BCUT2D eigenvalue weighted by Crippen LogP contribution is -2.31. The molecule has 116 valence electrons. The molecule has 0 bridgehead atoms. The van der Waals surface area contributed by atoms with Crippen LogP contribution in [-0.4, -0.2) is 52.5 Å². The largest absolute Gasteiger partial charge is 0.480 e. The lowest BCUT2D eigenvalue weighted by molar-refractivity contribution is 0.0769. The summed E-state index contributed by atoms with van der Waals surface area (Å²) in [6.07, 6.45) is 2.08. The minimum absolute atomic E-state index is 0.0920. The number of aromatic nitrogens is 3. The lowest BCUT2D eigenvalue weighted by Gasteiger charge is -2.16. The Balaban J connectivity index is 1.60. The standard InChI is InChI=1S/C14H16N4O4/c1-9-11(7-15-22-9)14(19)18-6-5-10(8-18)21-13-4-3-12(20-2)16-17-13/h3-4,7,10H,5-6,8H2,1-2H3.